The maximum absolute atomic E-state index is 8.12. The molecule has 1 rings (SSSR count). The van der Waals surface area contributed by atoms with Gasteiger partial charge < -0.3 is 4.74 Å². The first kappa shape index (κ1) is 6.31. The molecule has 1 aliphatic heterocycles. The minimum absolute atomic E-state index is 0.0205. The lowest BCUT2D eigenvalue weighted by Gasteiger charge is -1.86. The minimum atomic E-state index is -0.0205. The van der Waals surface area contributed by atoms with Gasteiger partial charge in [0.25, 0.3) is 0 Å². The molecule has 1 saturated heterocycles. The van der Waals surface area contributed by atoms with E-state index in [1.807, 2.05) is 19.9 Å². The molecule has 0 unspecified atom stereocenters. The molecule has 0 aromatic heterocycles. The molecule has 2 heteroatoms. The molecule has 0 saturated carbocycles. The molecule has 0 bridgehead atoms. The molecule has 0 radical (unpaired) electrons. The van der Waals surface area contributed by atoms with E-state index in [4.69, 9.17) is 10.00 Å². The molecule has 0 aromatic carbocycles. The van der Waals surface area contributed by atoms with Crippen LogP contribution in [0.15, 0.2) is 12.2 Å². The Bertz CT molecular complexity index is 176. The van der Waals surface area contributed by atoms with E-state index in [9.17, 15) is 0 Å². The highest BCUT2D eigenvalue weighted by Crippen LogP contribution is 2.35. The van der Waals surface area contributed by atoms with E-state index >= 15 is 0 Å². The average Bonchev–Trinajstić information content (AvgIpc) is 2.35. The third-order valence-electron chi connectivity index (χ3n) is 1.40. The number of allylic oxidation sites excluding steroid dienone is 1. The Hall–Kier alpha value is -0.810. The number of nitrogens with zero attached hydrogens (tertiary/aromatic N) is 1. The first-order valence-electron chi connectivity index (χ1n) is 2.91. The molecular formula is C7H9NO. The maximum Gasteiger partial charge on any atom is 0.106 e. The fourth-order valence-corrected chi connectivity index (χ4v) is 0.695. The van der Waals surface area contributed by atoms with Crippen LogP contribution in [0, 0.1) is 11.3 Å². The Kier molecular flexibility index (Phi) is 1.30. The quantitative estimate of drug-likeness (QED) is 0.388. The van der Waals surface area contributed by atoms with Gasteiger partial charge in [0.05, 0.1) is 11.7 Å². The van der Waals surface area contributed by atoms with E-state index in [1.165, 1.54) is 6.08 Å². The molecule has 48 valence electrons. The van der Waals surface area contributed by atoms with Crippen LogP contribution in [0.4, 0.5) is 0 Å². The second-order valence-electron chi connectivity index (χ2n) is 2.63. The van der Waals surface area contributed by atoms with Crippen LogP contribution in [-0.4, -0.2) is 11.7 Å². The largest absolute Gasteiger partial charge is 0.362 e. The molecule has 2 nitrogen and oxygen atoms in total. The van der Waals surface area contributed by atoms with Gasteiger partial charge in [0.2, 0.25) is 0 Å². The Morgan fingerprint density at radius 2 is 2.22 bits per heavy atom. The highest BCUT2D eigenvalue weighted by molar-refractivity contribution is 5.14. The summed E-state index contributed by atoms with van der Waals surface area (Å²) in [5.74, 6) is 0. The van der Waals surface area contributed by atoms with Gasteiger partial charge in [0.1, 0.15) is 6.10 Å². The molecule has 1 aliphatic rings. The summed E-state index contributed by atoms with van der Waals surface area (Å²) < 4.78 is 5.17. The van der Waals surface area contributed by atoms with Crippen LogP contribution in [0.25, 0.3) is 0 Å². The molecule has 1 fully saturated rings. The lowest BCUT2D eigenvalue weighted by atomic mass is 10.1. The second kappa shape index (κ2) is 1.85. The lowest BCUT2D eigenvalue weighted by molar-refractivity contribution is 0.333. The van der Waals surface area contributed by atoms with Crippen LogP contribution < -0.4 is 0 Å². The zero-order chi connectivity index (χ0) is 6.91. The van der Waals surface area contributed by atoms with Gasteiger partial charge in [-0.05, 0) is 19.9 Å². The number of rotatable bonds is 1. The van der Waals surface area contributed by atoms with Crippen molar-refractivity contribution in [2.24, 2.45) is 0 Å². The lowest BCUT2D eigenvalue weighted by Crippen LogP contribution is -1.99. The van der Waals surface area contributed by atoms with Crippen molar-refractivity contribution in [2.75, 3.05) is 0 Å². The van der Waals surface area contributed by atoms with E-state index in [0.29, 0.717) is 0 Å². The highest BCUT2D eigenvalue weighted by Gasteiger charge is 2.45. The molecule has 1 atom stereocenters. The van der Waals surface area contributed by atoms with Crippen LogP contribution in [0.5, 0.6) is 0 Å². The predicted molar refractivity (Wildman–Crippen MR) is 33.7 cm³/mol. The summed E-state index contributed by atoms with van der Waals surface area (Å²) in [5.41, 5.74) is -0.0205. The monoisotopic (exact) mass is 123 g/mol. The summed E-state index contributed by atoms with van der Waals surface area (Å²) in [6, 6.07) is 1.92. The van der Waals surface area contributed by atoms with Crippen molar-refractivity contribution in [1.82, 2.24) is 0 Å². The van der Waals surface area contributed by atoms with E-state index in [-0.39, 0.29) is 11.7 Å². The molecule has 0 amide bonds. The van der Waals surface area contributed by atoms with Gasteiger partial charge in [-0.15, -0.1) is 0 Å². The molecule has 0 aromatic rings. The smallest absolute Gasteiger partial charge is 0.106 e. The number of hydrogen-bond donors (Lipinski definition) is 0. The van der Waals surface area contributed by atoms with Crippen LogP contribution in [0.2, 0.25) is 0 Å². The number of hydrogen-bond acceptors (Lipinski definition) is 2. The summed E-state index contributed by atoms with van der Waals surface area (Å²) >= 11 is 0. The van der Waals surface area contributed by atoms with Gasteiger partial charge in [0, 0.05) is 6.08 Å². The van der Waals surface area contributed by atoms with Crippen molar-refractivity contribution >= 4 is 0 Å². The molecular weight excluding hydrogens is 114 g/mol. The van der Waals surface area contributed by atoms with Crippen LogP contribution >= 0.6 is 0 Å². The van der Waals surface area contributed by atoms with Crippen molar-refractivity contribution < 1.29 is 4.74 Å². The Balaban J connectivity index is 2.38. The molecule has 0 N–H and O–H groups in total. The van der Waals surface area contributed by atoms with Gasteiger partial charge in [-0.3, -0.25) is 0 Å². The zero-order valence-electron chi connectivity index (χ0n) is 5.59. The molecule has 0 spiro atoms. The normalized spacial score (nSPS) is 30.1. The summed E-state index contributed by atoms with van der Waals surface area (Å²) in [6.45, 7) is 4.00. The number of nitriles is 1. The highest BCUT2D eigenvalue weighted by atomic mass is 16.6. The predicted octanol–water partition coefficient (Wildman–Crippen LogP) is 1.24. The summed E-state index contributed by atoms with van der Waals surface area (Å²) in [6.07, 6.45) is 3.40. The van der Waals surface area contributed by atoms with E-state index < -0.39 is 0 Å². The van der Waals surface area contributed by atoms with Gasteiger partial charge in [-0.1, -0.05) is 0 Å². The van der Waals surface area contributed by atoms with E-state index in [0.717, 1.165) is 0 Å². The van der Waals surface area contributed by atoms with Crippen molar-refractivity contribution in [3.8, 4) is 6.07 Å². The minimum Gasteiger partial charge on any atom is -0.362 e. The fourth-order valence-electron chi connectivity index (χ4n) is 0.695. The van der Waals surface area contributed by atoms with Crippen LogP contribution in [0.3, 0.4) is 0 Å². The Morgan fingerprint density at radius 1 is 1.67 bits per heavy atom. The van der Waals surface area contributed by atoms with E-state index in [2.05, 4.69) is 0 Å². The van der Waals surface area contributed by atoms with Crippen molar-refractivity contribution in [3.05, 3.63) is 12.2 Å². The molecule has 1 heterocycles. The molecule has 0 aliphatic carbocycles. The SMILES string of the molecule is CC1(C)O[C@@H]1/C=C/C#N. The third kappa shape index (κ3) is 1.30. The number of epoxide rings is 1. The number of ether oxygens (including phenoxy) is 1. The standard InChI is InChI=1S/C7H9NO/c1-7(2)6(9-7)4-3-5-8/h3-4,6H,1-2H3/b4-3+/t6-/m1/s1. The van der Waals surface area contributed by atoms with Gasteiger partial charge in [-0.25, -0.2) is 0 Å². The van der Waals surface area contributed by atoms with Crippen molar-refractivity contribution in [3.63, 3.8) is 0 Å². The van der Waals surface area contributed by atoms with Crippen molar-refractivity contribution in [2.45, 2.75) is 25.6 Å². The Morgan fingerprint density at radius 3 is 2.56 bits per heavy atom. The third-order valence-corrected chi connectivity index (χ3v) is 1.40. The fraction of sp³-hybridized carbons (Fsp3) is 0.571. The Labute approximate surface area is 54.7 Å². The van der Waals surface area contributed by atoms with Gasteiger partial charge >= 0.3 is 0 Å². The first-order valence-corrected chi connectivity index (χ1v) is 2.91. The second-order valence-corrected chi connectivity index (χ2v) is 2.63. The van der Waals surface area contributed by atoms with E-state index in [1.54, 1.807) is 6.08 Å². The van der Waals surface area contributed by atoms with Crippen LogP contribution in [-0.2, 0) is 4.74 Å². The topological polar surface area (TPSA) is 36.3 Å². The average molecular weight is 123 g/mol. The maximum atomic E-state index is 8.12. The first-order chi connectivity index (χ1) is 4.17. The van der Waals surface area contributed by atoms with Crippen LogP contribution in [0.1, 0.15) is 13.8 Å². The molecule has 9 heavy (non-hydrogen) atoms. The van der Waals surface area contributed by atoms with Gasteiger partial charge in [-0.2, -0.15) is 5.26 Å². The van der Waals surface area contributed by atoms with Crippen molar-refractivity contribution in [1.29, 1.82) is 5.26 Å². The summed E-state index contributed by atoms with van der Waals surface area (Å²) in [5, 5.41) is 8.12. The summed E-state index contributed by atoms with van der Waals surface area (Å²) in [4.78, 5) is 0. The zero-order valence-corrected chi connectivity index (χ0v) is 5.59. The van der Waals surface area contributed by atoms with Gasteiger partial charge in [0.15, 0.2) is 0 Å². The summed E-state index contributed by atoms with van der Waals surface area (Å²) in [7, 11) is 0.